The molecule has 0 saturated carbocycles. The zero-order valence-corrected chi connectivity index (χ0v) is 13.0. The highest BCUT2D eigenvalue weighted by molar-refractivity contribution is 6.31. The van der Waals surface area contributed by atoms with E-state index < -0.39 is 0 Å². The number of hydrogen-bond acceptors (Lipinski definition) is 2. The summed E-state index contributed by atoms with van der Waals surface area (Å²) in [6.45, 7) is 8.87. The SMILES string of the molecule is C=C(C)CN(CC)C(=O)/C=C/c1c(Cl)nc2ccccn12. The summed E-state index contributed by atoms with van der Waals surface area (Å²) in [5.74, 6) is -0.0672. The van der Waals surface area contributed by atoms with Gasteiger partial charge in [-0.05, 0) is 32.1 Å². The minimum Gasteiger partial charge on any atom is -0.335 e. The molecular weight excluding hydrogens is 286 g/mol. The van der Waals surface area contributed by atoms with E-state index in [1.807, 2.05) is 42.6 Å². The van der Waals surface area contributed by atoms with Crippen molar-refractivity contribution >= 4 is 29.2 Å². The molecule has 5 heteroatoms. The van der Waals surface area contributed by atoms with Crippen LogP contribution in [0.15, 0.2) is 42.6 Å². The number of pyridine rings is 1. The van der Waals surface area contributed by atoms with Crippen molar-refractivity contribution in [1.82, 2.24) is 14.3 Å². The predicted octanol–water partition coefficient (Wildman–Crippen LogP) is 3.43. The Bertz CT molecular complexity index is 703. The quantitative estimate of drug-likeness (QED) is 0.627. The Balaban J connectivity index is 2.24. The smallest absolute Gasteiger partial charge is 0.246 e. The molecule has 0 fully saturated rings. The van der Waals surface area contributed by atoms with E-state index in [0.717, 1.165) is 11.2 Å². The maximum absolute atomic E-state index is 12.2. The van der Waals surface area contributed by atoms with Crippen molar-refractivity contribution in [2.45, 2.75) is 13.8 Å². The minimum absolute atomic E-state index is 0.0672. The van der Waals surface area contributed by atoms with E-state index >= 15 is 0 Å². The molecule has 2 aromatic heterocycles. The molecule has 0 saturated heterocycles. The van der Waals surface area contributed by atoms with Gasteiger partial charge in [-0.2, -0.15) is 0 Å². The van der Waals surface area contributed by atoms with Crippen LogP contribution in [0, 0.1) is 0 Å². The molecule has 0 aromatic carbocycles. The van der Waals surface area contributed by atoms with Gasteiger partial charge in [-0.1, -0.05) is 29.8 Å². The summed E-state index contributed by atoms with van der Waals surface area (Å²) in [4.78, 5) is 18.1. The minimum atomic E-state index is -0.0672. The van der Waals surface area contributed by atoms with Gasteiger partial charge < -0.3 is 4.90 Å². The number of imidazole rings is 1. The molecule has 0 radical (unpaired) electrons. The van der Waals surface area contributed by atoms with Crippen LogP contribution in [0.3, 0.4) is 0 Å². The fraction of sp³-hybridized carbons (Fsp3) is 0.250. The van der Waals surface area contributed by atoms with Crippen molar-refractivity contribution in [2.24, 2.45) is 0 Å². The van der Waals surface area contributed by atoms with E-state index in [4.69, 9.17) is 11.6 Å². The highest BCUT2D eigenvalue weighted by Crippen LogP contribution is 2.19. The van der Waals surface area contributed by atoms with Gasteiger partial charge in [0.25, 0.3) is 0 Å². The lowest BCUT2D eigenvalue weighted by atomic mass is 10.3. The van der Waals surface area contributed by atoms with Gasteiger partial charge in [0.15, 0.2) is 5.15 Å². The van der Waals surface area contributed by atoms with Gasteiger partial charge in [0.05, 0.1) is 5.69 Å². The molecular formula is C16H18ClN3O. The Morgan fingerprint density at radius 3 is 2.95 bits per heavy atom. The third-order valence-electron chi connectivity index (χ3n) is 3.06. The second kappa shape index (κ2) is 6.59. The predicted molar refractivity (Wildman–Crippen MR) is 86.3 cm³/mol. The van der Waals surface area contributed by atoms with E-state index in [0.29, 0.717) is 23.9 Å². The molecule has 0 bridgehead atoms. The summed E-state index contributed by atoms with van der Waals surface area (Å²) in [6, 6.07) is 5.65. The van der Waals surface area contributed by atoms with Gasteiger partial charge in [-0.15, -0.1) is 0 Å². The summed E-state index contributed by atoms with van der Waals surface area (Å²) < 4.78 is 1.85. The van der Waals surface area contributed by atoms with E-state index in [2.05, 4.69) is 11.6 Å². The first-order chi connectivity index (χ1) is 10.0. The van der Waals surface area contributed by atoms with Crippen LogP contribution >= 0.6 is 11.6 Å². The number of halogens is 1. The van der Waals surface area contributed by atoms with Crippen molar-refractivity contribution in [1.29, 1.82) is 0 Å². The first kappa shape index (κ1) is 15.3. The van der Waals surface area contributed by atoms with Crippen molar-refractivity contribution in [3.05, 3.63) is 53.5 Å². The average molecular weight is 304 g/mol. The van der Waals surface area contributed by atoms with Crippen LogP contribution in [0.2, 0.25) is 5.15 Å². The van der Waals surface area contributed by atoms with Crippen molar-refractivity contribution in [3.63, 3.8) is 0 Å². The summed E-state index contributed by atoms with van der Waals surface area (Å²) in [7, 11) is 0. The van der Waals surface area contributed by atoms with Gasteiger partial charge in [0.2, 0.25) is 5.91 Å². The molecule has 2 heterocycles. The van der Waals surface area contributed by atoms with Crippen LogP contribution in [0.5, 0.6) is 0 Å². The van der Waals surface area contributed by atoms with Gasteiger partial charge in [-0.3, -0.25) is 9.20 Å². The lowest BCUT2D eigenvalue weighted by Crippen LogP contribution is -2.30. The molecule has 0 spiro atoms. The second-order valence-corrected chi connectivity index (χ2v) is 5.22. The van der Waals surface area contributed by atoms with Crippen LogP contribution in [0.1, 0.15) is 19.5 Å². The van der Waals surface area contributed by atoms with Gasteiger partial charge in [-0.25, -0.2) is 4.98 Å². The Morgan fingerprint density at radius 1 is 1.52 bits per heavy atom. The van der Waals surface area contributed by atoms with Crippen LogP contribution in [0.25, 0.3) is 11.7 Å². The van der Waals surface area contributed by atoms with Gasteiger partial charge >= 0.3 is 0 Å². The summed E-state index contributed by atoms with van der Waals surface area (Å²) in [6.07, 6.45) is 5.09. The molecule has 0 aliphatic carbocycles. The molecule has 21 heavy (non-hydrogen) atoms. The zero-order chi connectivity index (χ0) is 15.4. The number of nitrogens with zero attached hydrogens (tertiary/aromatic N) is 3. The maximum atomic E-state index is 12.2. The normalized spacial score (nSPS) is 11.2. The van der Waals surface area contributed by atoms with Crippen molar-refractivity contribution in [3.8, 4) is 0 Å². The molecule has 0 N–H and O–H groups in total. The number of hydrogen-bond donors (Lipinski definition) is 0. The first-order valence-electron chi connectivity index (χ1n) is 6.77. The highest BCUT2D eigenvalue weighted by atomic mass is 35.5. The highest BCUT2D eigenvalue weighted by Gasteiger charge is 2.10. The molecule has 110 valence electrons. The molecule has 2 aromatic rings. The molecule has 0 aliphatic rings. The molecule has 0 atom stereocenters. The molecule has 0 aliphatic heterocycles. The molecule has 2 rings (SSSR count). The zero-order valence-electron chi connectivity index (χ0n) is 12.2. The summed E-state index contributed by atoms with van der Waals surface area (Å²) >= 11 is 6.13. The third-order valence-corrected chi connectivity index (χ3v) is 3.34. The Morgan fingerprint density at radius 2 is 2.29 bits per heavy atom. The Labute approximate surface area is 129 Å². The standard InChI is InChI=1S/C16H18ClN3O/c1-4-19(11-12(2)3)15(21)9-8-13-16(17)18-14-7-5-6-10-20(13)14/h5-10H,2,4,11H2,1,3H3/b9-8+. The van der Waals surface area contributed by atoms with E-state index in [1.165, 1.54) is 6.08 Å². The topological polar surface area (TPSA) is 37.6 Å². The molecule has 4 nitrogen and oxygen atoms in total. The van der Waals surface area contributed by atoms with Crippen molar-refractivity contribution < 1.29 is 4.79 Å². The number of carbonyl (C=O) groups excluding carboxylic acids is 1. The van der Waals surface area contributed by atoms with Crippen LogP contribution < -0.4 is 0 Å². The summed E-state index contributed by atoms with van der Waals surface area (Å²) in [5, 5.41) is 0.383. The van der Waals surface area contributed by atoms with Gasteiger partial charge in [0, 0.05) is 25.4 Å². The van der Waals surface area contributed by atoms with Crippen LogP contribution in [0.4, 0.5) is 0 Å². The Kier molecular flexibility index (Phi) is 4.81. The summed E-state index contributed by atoms with van der Waals surface area (Å²) in [5.41, 5.74) is 2.40. The Hall–Kier alpha value is -2.07. The fourth-order valence-corrected chi connectivity index (χ4v) is 2.30. The number of carbonyl (C=O) groups is 1. The van der Waals surface area contributed by atoms with E-state index in [-0.39, 0.29) is 5.91 Å². The van der Waals surface area contributed by atoms with E-state index in [1.54, 1.807) is 11.0 Å². The number of likely N-dealkylation sites (N-methyl/N-ethyl adjacent to an activating group) is 1. The number of fused-ring (bicyclic) bond motifs is 1. The van der Waals surface area contributed by atoms with Crippen molar-refractivity contribution in [2.75, 3.05) is 13.1 Å². The number of amides is 1. The molecule has 0 unspecified atom stereocenters. The maximum Gasteiger partial charge on any atom is 0.246 e. The monoisotopic (exact) mass is 303 g/mol. The van der Waals surface area contributed by atoms with Gasteiger partial charge in [0.1, 0.15) is 5.65 Å². The van der Waals surface area contributed by atoms with Crippen LogP contribution in [-0.2, 0) is 4.79 Å². The third kappa shape index (κ3) is 3.52. The van der Waals surface area contributed by atoms with Crippen LogP contribution in [-0.4, -0.2) is 33.3 Å². The number of aromatic nitrogens is 2. The second-order valence-electron chi connectivity index (χ2n) is 4.86. The largest absolute Gasteiger partial charge is 0.335 e. The number of rotatable bonds is 5. The first-order valence-corrected chi connectivity index (χ1v) is 7.14. The lowest BCUT2D eigenvalue weighted by molar-refractivity contribution is -0.125. The average Bonchev–Trinajstić information content (AvgIpc) is 2.77. The lowest BCUT2D eigenvalue weighted by Gasteiger charge is -2.18. The molecule has 1 amide bonds. The van der Waals surface area contributed by atoms with E-state index in [9.17, 15) is 4.79 Å². The fourth-order valence-electron chi connectivity index (χ4n) is 2.06.